The molecular formula is C24H26BFN2O6S. The molecule has 3 aromatic rings. The topological polar surface area (TPSA) is 109 Å². The summed E-state index contributed by atoms with van der Waals surface area (Å²) >= 11 is 0. The van der Waals surface area contributed by atoms with Crippen molar-refractivity contribution >= 4 is 39.7 Å². The number of benzene rings is 2. The average molecular weight is 500 g/mol. The number of hydrogen-bond donors (Lipinski definition) is 2. The molecule has 2 fully saturated rings. The molecule has 1 amide bonds. The molecule has 2 N–H and O–H groups in total. The summed E-state index contributed by atoms with van der Waals surface area (Å²) in [5.41, 5.74) is 2.33. The molecular weight excluding hydrogens is 474 g/mol. The van der Waals surface area contributed by atoms with Gasteiger partial charge in [-0.3, -0.25) is 9.10 Å². The second kappa shape index (κ2) is 8.96. The van der Waals surface area contributed by atoms with Crippen LogP contribution in [0.4, 0.5) is 10.1 Å². The summed E-state index contributed by atoms with van der Waals surface area (Å²) in [6.07, 6.45) is 3.31. The highest BCUT2D eigenvalue weighted by molar-refractivity contribution is 7.92. The van der Waals surface area contributed by atoms with Crippen molar-refractivity contribution in [1.29, 1.82) is 0 Å². The van der Waals surface area contributed by atoms with E-state index in [1.54, 1.807) is 12.1 Å². The quantitative estimate of drug-likeness (QED) is 0.482. The van der Waals surface area contributed by atoms with Crippen LogP contribution in [0.1, 0.15) is 34.7 Å². The van der Waals surface area contributed by atoms with E-state index >= 15 is 0 Å². The lowest BCUT2D eigenvalue weighted by Gasteiger charge is -2.27. The van der Waals surface area contributed by atoms with E-state index < -0.39 is 23.0 Å². The number of nitrogens with one attached hydrogen (secondary N) is 1. The van der Waals surface area contributed by atoms with Gasteiger partial charge in [-0.05, 0) is 54.8 Å². The van der Waals surface area contributed by atoms with Gasteiger partial charge in [0.15, 0.2) is 0 Å². The van der Waals surface area contributed by atoms with Crippen LogP contribution in [0.15, 0.2) is 40.8 Å². The van der Waals surface area contributed by atoms with Gasteiger partial charge in [0.05, 0.1) is 17.5 Å². The highest BCUT2D eigenvalue weighted by atomic mass is 32.2. The number of rotatable bonds is 7. The fraction of sp³-hybridized carbons (Fsp3) is 0.375. The Morgan fingerprint density at radius 1 is 1.29 bits per heavy atom. The van der Waals surface area contributed by atoms with Crippen molar-refractivity contribution in [3.8, 4) is 11.3 Å². The van der Waals surface area contributed by atoms with E-state index in [4.69, 9.17) is 9.07 Å². The van der Waals surface area contributed by atoms with Crippen molar-refractivity contribution in [1.82, 2.24) is 5.32 Å². The zero-order chi connectivity index (χ0) is 24.9. The maximum absolute atomic E-state index is 14.0. The fourth-order valence-electron chi connectivity index (χ4n) is 4.71. The minimum Gasteiger partial charge on any atom is -0.455 e. The minimum atomic E-state index is -3.68. The monoisotopic (exact) mass is 500 g/mol. The molecule has 35 heavy (non-hydrogen) atoms. The van der Waals surface area contributed by atoms with Crippen molar-refractivity contribution in [2.45, 2.75) is 25.1 Å². The summed E-state index contributed by atoms with van der Waals surface area (Å²) in [7, 11) is -3.07. The van der Waals surface area contributed by atoms with E-state index in [0.717, 1.165) is 24.7 Å². The molecule has 1 unspecified atom stereocenters. The van der Waals surface area contributed by atoms with Crippen LogP contribution in [0.25, 0.3) is 22.3 Å². The predicted octanol–water partition coefficient (Wildman–Crippen LogP) is 3.37. The van der Waals surface area contributed by atoms with E-state index in [2.05, 4.69) is 5.32 Å². The molecule has 1 saturated carbocycles. The number of sulfonamides is 1. The van der Waals surface area contributed by atoms with E-state index in [1.807, 2.05) is 6.07 Å². The number of carbonyl (C=O) groups excluding carboxylic acids is 1. The lowest BCUT2D eigenvalue weighted by Crippen LogP contribution is -2.35. The summed E-state index contributed by atoms with van der Waals surface area (Å²) in [6.45, 7) is 0.417. The normalized spacial score (nSPS) is 18.3. The van der Waals surface area contributed by atoms with Crippen LogP contribution in [0, 0.1) is 11.7 Å². The van der Waals surface area contributed by atoms with Crippen molar-refractivity contribution in [3.63, 3.8) is 0 Å². The molecule has 11 heteroatoms. The van der Waals surface area contributed by atoms with Crippen LogP contribution >= 0.6 is 0 Å². The lowest BCUT2D eigenvalue weighted by molar-refractivity contribution is 0.0964. The van der Waals surface area contributed by atoms with Gasteiger partial charge in [-0.15, -0.1) is 0 Å². The molecule has 1 aromatic heterocycles. The first-order valence-electron chi connectivity index (χ1n) is 11.5. The first-order chi connectivity index (χ1) is 16.7. The van der Waals surface area contributed by atoms with E-state index in [1.165, 1.54) is 29.6 Å². The summed E-state index contributed by atoms with van der Waals surface area (Å²) < 4.78 is 52.5. The summed E-state index contributed by atoms with van der Waals surface area (Å²) in [4.78, 5) is 12.9. The Morgan fingerprint density at radius 2 is 2.06 bits per heavy atom. The molecule has 8 nitrogen and oxygen atoms in total. The third-order valence-electron chi connectivity index (χ3n) is 6.55. The maximum atomic E-state index is 14.0. The number of amides is 1. The van der Waals surface area contributed by atoms with E-state index in [-0.39, 0.29) is 42.2 Å². The van der Waals surface area contributed by atoms with Gasteiger partial charge in [-0.1, -0.05) is 12.1 Å². The van der Waals surface area contributed by atoms with Crippen molar-refractivity contribution in [2.75, 3.05) is 30.8 Å². The zero-order valence-corrected chi connectivity index (χ0v) is 20.3. The van der Waals surface area contributed by atoms with Crippen LogP contribution in [0.2, 0.25) is 6.32 Å². The smallest absolute Gasteiger partial charge is 0.454 e. The number of carbonyl (C=O) groups is 1. The second-order valence-corrected chi connectivity index (χ2v) is 11.2. The van der Waals surface area contributed by atoms with E-state index in [0.29, 0.717) is 28.5 Å². The highest BCUT2D eigenvalue weighted by Crippen LogP contribution is 2.48. The van der Waals surface area contributed by atoms with Crippen LogP contribution in [-0.2, 0) is 14.7 Å². The molecule has 0 spiro atoms. The molecule has 0 bridgehead atoms. The van der Waals surface area contributed by atoms with Crippen molar-refractivity contribution in [3.05, 3.63) is 53.3 Å². The first kappa shape index (κ1) is 23.8. The lowest BCUT2D eigenvalue weighted by atomic mass is 9.82. The summed E-state index contributed by atoms with van der Waals surface area (Å²) in [5, 5.41) is 12.9. The number of halogens is 1. The Hall–Kier alpha value is -2.89. The molecule has 2 aliphatic rings. The largest absolute Gasteiger partial charge is 0.455 e. The van der Waals surface area contributed by atoms with Crippen LogP contribution in [0.3, 0.4) is 0 Å². The van der Waals surface area contributed by atoms with Crippen molar-refractivity contribution in [2.24, 2.45) is 5.92 Å². The van der Waals surface area contributed by atoms with Crippen LogP contribution in [0.5, 0.6) is 0 Å². The van der Waals surface area contributed by atoms with Gasteiger partial charge in [-0.2, -0.15) is 0 Å². The predicted molar refractivity (Wildman–Crippen MR) is 131 cm³/mol. The molecule has 2 heterocycles. The highest BCUT2D eigenvalue weighted by Gasteiger charge is 2.36. The summed E-state index contributed by atoms with van der Waals surface area (Å²) in [5.74, 6) is -0.627. The molecule has 0 radical (unpaired) electrons. The van der Waals surface area contributed by atoms with Gasteiger partial charge in [-0.25, -0.2) is 12.8 Å². The van der Waals surface area contributed by atoms with Crippen LogP contribution < -0.4 is 9.62 Å². The Bertz CT molecular complexity index is 1400. The molecule has 1 atom stereocenters. The van der Waals surface area contributed by atoms with Gasteiger partial charge >= 0.3 is 7.12 Å². The maximum Gasteiger partial charge on any atom is 0.454 e. The van der Waals surface area contributed by atoms with Gasteiger partial charge in [0.2, 0.25) is 10.0 Å². The Kier molecular flexibility index (Phi) is 6.10. The number of fused-ring (bicyclic) bond motifs is 1. The summed E-state index contributed by atoms with van der Waals surface area (Å²) in [6, 6.07) is 9.28. The average Bonchev–Trinajstić information content (AvgIpc) is 3.47. The second-order valence-electron chi connectivity index (χ2n) is 9.26. The Morgan fingerprint density at radius 3 is 2.66 bits per heavy atom. The standard InChI is InChI=1S/C24H26BFN2O6S/c1-27-24(29)22-19-9-18(15-6-7-15)20(28(35(2,31)32)12-14-11-25(30)33-13-14)10-21(19)34-23(22)16-4-3-5-17(26)8-16/h3-5,8-10,14-15,30H,6-7,11-13H2,1-2H3,(H,27,29). The SMILES string of the molecule is CNC(=O)c1c(-c2cccc(F)c2)oc2cc(N(CC3COB(O)C3)S(C)(=O)=O)c(C3CC3)cc12. The Balaban J connectivity index is 1.70. The van der Waals surface area contributed by atoms with Gasteiger partial charge in [0.1, 0.15) is 17.2 Å². The molecule has 1 aliphatic carbocycles. The Labute approximate surface area is 203 Å². The van der Waals surface area contributed by atoms with Crippen molar-refractivity contribution < 1.29 is 31.7 Å². The van der Waals surface area contributed by atoms with Crippen LogP contribution in [-0.4, -0.2) is 52.9 Å². The molecule has 184 valence electrons. The zero-order valence-electron chi connectivity index (χ0n) is 19.5. The minimum absolute atomic E-state index is 0.154. The first-order valence-corrected chi connectivity index (χ1v) is 13.4. The van der Waals surface area contributed by atoms with Gasteiger partial charge < -0.3 is 19.4 Å². The third kappa shape index (κ3) is 4.67. The van der Waals surface area contributed by atoms with E-state index in [9.17, 15) is 22.6 Å². The molecule has 1 aliphatic heterocycles. The third-order valence-corrected chi connectivity index (χ3v) is 7.69. The number of furan rings is 1. The molecule has 1 saturated heterocycles. The molecule has 5 rings (SSSR count). The fourth-order valence-corrected chi connectivity index (χ4v) is 5.71. The van der Waals surface area contributed by atoms with Gasteiger partial charge in [0, 0.05) is 37.2 Å². The number of nitrogens with zero attached hydrogens (tertiary/aromatic N) is 1. The van der Waals surface area contributed by atoms with Gasteiger partial charge in [0.25, 0.3) is 5.91 Å². The molecule has 2 aromatic carbocycles. The number of anilines is 1. The number of hydrogen-bond acceptors (Lipinski definition) is 6.